The molecule has 0 aliphatic carbocycles. The number of aryl methyl sites for hydroxylation is 1. The van der Waals surface area contributed by atoms with Crippen molar-refractivity contribution in [2.45, 2.75) is 5.03 Å². The highest BCUT2D eigenvalue weighted by molar-refractivity contribution is 7.99. The van der Waals surface area contributed by atoms with Crippen LogP contribution < -0.4 is 5.56 Å². The van der Waals surface area contributed by atoms with Crippen molar-refractivity contribution in [3.63, 3.8) is 0 Å². The van der Waals surface area contributed by atoms with Crippen LogP contribution in [0, 0.1) is 0 Å². The topological polar surface area (TPSA) is 38.1 Å². The third-order valence-corrected chi connectivity index (χ3v) is 3.66. The molecule has 2 aromatic rings. The minimum absolute atomic E-state index is 0.0393. The van der Waals surface area contributed by atoms with Gasteiger partial charge in [0.05, 0.1) is 5.39 Å². The zero-order valence-corrected chi connectivity index (χ0v) is 11.7. The lowest BCUT2D eigenvalue weighted by molar-refractivity contribution is 0.437. The number of fused-ring (bicyclic) bond motifs is 1. The third-order valence-electron chi connectivity index (χ3n) is 2.70. The second-order valence-electron chi connectivity index (χ2n) is 4.43. The molecule has 1 aromatic heterocycles. The summed E-state index contributed by atoms with van der Waals surface area (Å²) < 4.78 is 1.42. The van der Waals surface area contributed by atoms with E-state index < -0.39 is 0 Å². The highest BCUT2D eigenvalue weighted by atomic mass is 32.2. The van der Waals surface area contributed by atoms with Crippen molar-refractivity contribution in [2.24, 2.45) is 7.05 Å². The number of thioether (sulfide) groups is 1. The summed E-state index contributed by atoms with van der Waals surface area (Å²) >= 11 is 1.69. The summed E-state index contributed by atoms with van der Waals surface area (Å²) in [4.78, 5) is 14.1. The molecule has 2 rings (SSSR count). The van der Waals surface area contributed by atoms with Crippen molar-refractivity contribution in [1.29, 1.82) is 0 Å². The summed E-state index contributed by atoms with van der Waals surface area (Å²) in [5.74, 6) is 0.961. The lowest BCUT2D eigenvalue weighted by atomic mass is 10.2. The summed E-state index contributed by atoms with van der Waals surface area (Å²) in [6.45, 7) is 0.990. The highest BCUT2D eigenvalue weighted by Crippen LogP contribution is 2.23. The van der Waals surface area contributed by atoms with Gasteiger partial charge in [0.25, 0.3) is 5.56 Å². The first-order valence-electron chi connectivity index (χ1n) is 5.83. The molecule has 0 amide bonds. The van der Waals surface area contributed by atoms with E-state index in [1.165, 1.54) is 4.68 Å². The largest absolute Gasteiger partial charge is 0.309 e. The Labute approximate surface area is 111 Å². The monoisotopic (exact) mass is 263 g/mol. The summed E-state index contributed by atoms with van der Waals surface area (Å²) in [6, 6.07) is 7.65. The summed E-state index contributed by atoms with van der Waals surface area (Å²) in [5, 5.41) is 6.96. The Morgan fingerprint density at radius 2 is 1.94 bits per heavy atom. The Morgan fingerprint density at radius 1 is 1.28 bits per heavy atom. The number of hydrogen-bond donors (Lipinski definition) is 0. The molecule has 0 atom stereocenters. The van der Waals surface area contributed by atoms with Crippen molar-refractivity contribution in [3.8, 4) is 0 Å². The fourth-order valence-electron chi connectivity index (χ4n) is 1.70. The fourth-order valence-corrected chi connectivity index (χ4v) is 2.86. The third kappa shape index (κ3) is 2.73. The maximum Gasteiger partial charge on any atom is 0.274 e. The van der Waals surface area contributed by atoms with Crippen LogP contribution in [0.4, 0.5) is 0 Å². The predicted octanol–water partition coefficient (Wildman–Crippen LogP) is 1.59. The standard InChI is InChI=1S/C13H17N3OS/c1-15(2)8-9-18-12-10-6-4-5-7-11(10)13(17)16(3)14-12/h4-7H,8-9H2,1-3H3. The Balaban J connectivity index is 2.38. The molecule has 0 spiro atoms. The molecule has 0 N–H and O–H groups in total. The van der Waals surface area contributed by atoms with Crippen molar-refractivity contribution in [2.75, 3.05) is 26.4 Å². The molecule has 4 nitrogen and oxygen atoms in total. The van der Waals surface area contributed by atoms with Gasteiger partial charge in [-0.3, -0.25) is 4.79 Å². The van der Waals surface area contributed by atoms with E-state index in [4.69, 9.17) is 0 Å². The lowest BCUT2D eigenvalue weighted by Crippen LogP contribution is -2.20. The zero-order chi connectivity index (χ0) is 13.1. The molecule has 0 unspecified atom stereocenters. The molecule has 96 valence electrons. The van der Waals surface area contributed by atoms with Gasteiger partial charge in [0.15, 0.2) is 0 Å². The van der Waals surface area contributed by atoms with Crippen molar-refractivity contribution >= 4 is 22.5 Å². The Hall–Kier alpha value is -1.33. The lowest BCUT2D eigenvalue weighted by Gasteiger charge is -2.10. The van der Waals surface area contributed by atoms with E-state index in [-0.39, 0.29) is 5.56 Å². The van der Waals surface area contributed by atoms with Crippen LogP contribution in [0.15, 0.2) is 34.1 Å². The molecule has 18 heavy (non-hydrogen) atoms. The van der Waals surface area contributed by atoms with E-state index in [2.05, 4.69) is 10.00 Å². The Kier molecular flexibility index (Phi) is 4.04. The maximum absolute atomic E-state index is 11.9. The molecule has 0 aliphatic heterocycles. The van der Waals surface area contributed by atoms with Gasteiger partial charge in [0.2, 0.25) is 0 Å². The van der Waals surface area contributed by atoms with Crippen LogP contribution in [0.25, 0.3) is 10.8 Å². The quantitative estimate of drug-likeness (QED) is 0.785. The van der Waals surface area contributed by atoms with E-state index >= 15 is 0 Å². The van der Waals surface area contributed by atoms with Crippen LogP contribution in [-0.4, -0.2) is 41.1 Å². The van der Waals surface area contributed by atoms with E-state index in [1.807, 2.05) is 38.4 Å². The van der Waals surface area contributed by atoms with Gasteiger partial charge in [-0.15, -0.1) is 11.8 Å². The smallest absolute Gasteiger partial charge is 0.274 e. The van der Waals surface area contributed by atoms with Gasteiger partial charge in [-0.25, -0.2) is 4.68 Å². The molecular formula is C13H17N3OS. The normalized spacial score (nSPS) is 11.3. The first kappa shape index (κ1) is 13.1. The molecule has 0 saturated heterocycles. The first-order valence-corrected chi connectivity index (χ1v) is 6.81. The number of aromatic nitrogens is 2. The Bertz CT molecular complexity index is 607. The van der Waals surface area contributed by atoms with Crippen molar-refractivity contribution in [1.82, 2.24) is 14.7 Å². The summed E-state index contributed by atoms with van der Waals surface area (Å²) in [5.41, 5.74) is -0.0393. The van der Waals surface area contributed by atoms with Gasteiger partial charge in [-0.1, -0.05) is 18.2 Å². The number of nitrogens with zero attached hydrogens (tertiary/aromatic N) is 3. The molecule has 0 bridgehead atoms. The van der Waals surface area contributed by atoms with Crippen LogP contribution in [0.2, 0.25) is 0 Å². The maximum atomic E-state index is 11.9. The average Bonchev–Trinajstić information content (AvgIpc) is 2.35. The molecule has 0 aliphatic rings. The first-order chi connectivity index (χ1) is 8.59. The second kappa shape index (κ2) is 5.54. The molecular weight excluding hydrogens is 246 g/mol. The molecule has 0 radical (unpaired) electrons. The molecule has 0 saturated carbocycles. The number of hydrogen-bond acceptors (Lipinski definition) is 4. The van der Waals surface area contributed by atoms with Gasteiger partial charge >= 0.3 is 0 Å². The van der Waals surface area contributed by atoms with Crippen LogP contribution >= 0.6 is 11.8 Å². The molecule has 5 heteroatoms. The summed E-state index contributed by atoms with van der Waals surface area (Å²) in [6.07, 6.45) is 0. The number of rotatable bonds is 4. The van der Waals surface area contributed by atoms with E-state index in [1.54, 1.807) is 18.8 Å². The minimum Gasteiger partial charge on any atom is -0.309 e. The molecule has 1 heterocycles. The SMILES string of the molecule is CN(C)CCSc1nn(C)c(=O)c2ccccc12. The van der Waals surface area contributed by atoms with Gasteiger partial charge in [-0.05, 0) is 20.2 Å². The van der Waals surface area contributed by atoms with Gasteiger partial charge in [0.1, 0.15) is 5.03 Å². The Morgan fingerprint density at radius 3 is 2.61 bits per heavy atom. The summed E-state index contributed by atoms with van der Waals surface area (Å²) in [7, 11) is 5.80. The average molecular weight is 263 g/mol. The molecule has 0 fully saturated rings. The van der Waals surface area contributed by atoms with E-state index in [0.717, 1.165) is 28.1 Å². The van der Waals surface area contributed by atoms with Gasteiger partial charge in [0, 0.05) is 24.7 Å². The predicted molar refractivity (Wildman–Crippen MR) is 76.3 cm³/mol. The van der Waals surface area contributed by atoms with E-state index in [9.17, 15) is 4.79 Å². The van der Waals surface area contributed by atoms with Gasteiger partial charge < -0.3 is 4.90 Å². The van der Waals surface area contributed by atoms with Gasteiger partial charge in [-0.2, -0.15) is 5.10 Å². The zero-order valence-electron chi connectivity index (χ0n) is 10.9. The van der Waals surface area contributed by atoms with Crippen molar-refractivity contribution < 1.29 is 0 Å². The van der Waals surface area contributed by atoms with Crippen LogP contribution in [0.3, 0.4) is 0 Å². The van der Waals surface area contributed by atoms with Crippen LogP contribution in [0.1, 0.15) is 0 Å². The highest BCUT2D eigenvalue weighted by Gasteiger charge is 2.08. The van der Waals surface area contributed by atoms with Crippen molar-refractivity contribution in [3.05, 3.63) is 34.6 Å². The van der Waals surface area contributed by atoms with Crippen LogP contribution in [-0.2, 0) is 7.05 Å². The molecule has 1 aromatic carbocycles. The number of benzene rings is 1. The fraction of sp³-hybridized carbons (Fsp3) is 0.385. The van der Waals surface area contributed by atoms with Crippen LogP contribution in [0.5, 0.6) is 0 Å². The van der Waals surface area contributed by atoms with E-state index in [0.29, 0.717) is 0 Å². The second-order valence-corrected chi connectivity index (χ2v) is 5.51. The minimum atomic E-state index is -0.0393.